The van der Waals surface area contributed by atoms with E-state index in [-0.39, 0.29) is 11.4 Å². The maximum absolute atomic E-state index is 12.9. The van der Waals surface area contributed by atoms with E-state index in [1.54, 1.807) is 41.5 Å². The largest absolute Gasteiger partial charge is 0.444 e. The summed E-state index contributed by atoms with van der Waals surface area (Å²) in [7, 11) is 0. The summed E-state index contributed by atoms with van der Waals surface area (Å²) in [4.78, 5) is 42.7. The number of carbonyl (C=O) groups excluding carboxylic acids is 2. The normalized spacial score (nSPS) is 10.9. The molecule has 0 radical (unpaired) electrons. The Labute approximate surface area is 204 Å². The number of rotatable bonds is 4. The first-order valence-corrected chi connectivity index (χ1v) is 10.3. The van der Waals surface area contributed by atoms with Gasteiger partial charge in [-0.1, -0.05) is 0 Å². The van der Waals surface area contributed by atoms with E-state index in [4.69, 9.17) is 9.47 Å². The number of amides is 2. The number of carbonyl (C=O) groups is 2. The molecule has 0 bridgehead atoms. The van der Waals surface area contributed by atoms with Crippen LogP contribution in [0.25, 0.3) is 0 Å². The minimum atomic E-state index is -0.836. The number of benzene rings is 2. The molecule has 0 heterocycles. The number of nitro groups is 2. The van der Waals surface area contributed by atoms with Gasteiger partial charge in [-0.3, -0.25) is 30.9 Å². The van der Waals surface area contributed by atoms with Gasteiger partial charge < -0.3 is 9.47 Å². The molecule has 0 aliphatic heterocycles. The van der Waals surface area contributed by atoms with Crippen LogP contribution in [0.15, 0.2) is 36.4 Å². The maximum atomic E-state index is 12.9. The summed E-state index contributed by atoms with van der Waals surface area (Å²) in [5.41, 5.74) is -2.73. The van der Waals surface area contributed by atoms with Gasteiger partial charge in [-0.05, 0) is 65.8 Å². The van der Waals surface area contributed by atoms with Crippen molar-refractivity contribution in [2.45, 2.75) is 52.7 Å². The lowest BCUT2D eigenvalue weighted by molar-refractivity contribution is -0.384. The third-order valence-corrected chi connectivity index (χ3v) is 3.58. The fourth-order valence-corrected chi connectivity index (χ4v) is 2.35. The Morgan fingerprint density at radius 2 is 1.03 bits per heavy atom. The summed E-state index contributed by atoms with van der Waals surface area (Å²) in [6.07, 6.45) is -1.67. The predicted molar refractivity (Wildman–Crippen MR) is 126 cm³/mol. The van der Waals surface area contributed by atoms with Crippen LogP contribution in [0.3, 0.4) is 0 Å². The maximum Gasteiger partial charge on any atom is 0.412 e. The Balaban J connectivity index is 0.000000360. The molecule has 2 N–H and O–H groups in total. The summed E-state index contributed by atoms with van der Waals surface area (Å²) in [5.74, 6) is -1.51. The second-order valence-corrected chi connectivity index (χ2v) is 9.09. The molecule has 0 fully saturated rings. The molecule has 2 rings (SSSR count). The van der Waals surface area contributed by atoms with Crippen molar-refractivity contribution >= 4 is 34.9 Å². The number of ether oxygens (including phenoxy) is 2. The molecule has 0 saturated heterocycles. The first-order chi connectivity index (χ1) is 16.4. The minimum Gasteiger partial charge on any atom is -0.444 e. The van der Waals surface area contributed by atoms with E-state index >= 15 is 0 Å². The molecule has 0 aromatic heterocycles. The van der Waals surface area contributed by atoms with Crippen molar-refractivity contribution in [2.75, 3.05) is 10.6 Å². The third-order valence-electron chi connectivity index (χ3n) is 3.58. The van der Waals surface area contributed by atoms with Gasteiger partial charge in [0.2, 0.25) is 0 Å². The van der Waals surface area contributed by atoms with Gasteiger partial charge in [0.15, 0.2) is 0 Å². The van der Waals surface area contributed by atoms with Crippen molar-refractivity contribution in [3.05, 3.63) is 68.3 Å². The van der Waals surface area contributed by atoms with Crippen LogP contribution >= 0.6 is 0 Å². The highest BCUT2D eigenvalue weighted by Gasteiger charge is 2.22. The highest BCUT2D eigenvalue weighted by molar-refractivity contribution is 5.88. The van der Waals surface area contributed by atoms with Crippen molar-refractivity contribution in [3.63, 3.8) is 0 Å². The summed E-state index contributed by atoms with van der Waals surface area (Å²) < 4.78 is 35.6. The van der Waals surface area contributed by atoms with E-state index in [0.717, 1.165) is 36.4 Å². The van der Waals surface area contributed by atoms with E-state index in [9.17, 15) is 38.6 Å². The van der Waals surface area contributed by atoms with Crippen LogP contribution in [0.2, 0.25) is 0 Å². The van der Waals surface area contributed by atoms with Crippen LogP contribution in [-0.2, 0) is 9.47 Å². The van der Waals surface area contributed by atoms with Gasteiger partial charge in [-0.25, -0.2) is 18.4 Å². The lowest BCUT2D eigenvalue weighted by atomic mass is 10.2. The number of hydrogen-bond donors (Lipinski definition) is 2. The minimum absolute atomic E-state index is 0.115. The summed E-state index contributed by atoms with van der Waals surface area (Å²) in [6, 6.07) is 5.70. The fourth-order valence-electron chi connectivity index (χ4n) is 2.35. The molecular formula is C22H26F2N4O8. The number of nitro benzene ring substituents is 2. The van der Waals surface area contributed by atoms with Crippen LogP contribution in [0.4, 0.5) is 41.1 Å². The molecule has 196 valence electrons. The number of anilines is 2. The van der Waals surface area contributed by atoms with Gasteiger partial charge in [0, 0.05) is 0 Å². The van der Waals surface area contributed by atoms with E-state index in [0.29, 0.717) is 0 Å². The average Bonchev–Trinajstić information content (AvgIpc) is 2.68. The molecule has 0 atom stereocenters. The van der Waals surface area contributed by atoms with Crippen molar-refractivity contribution in [2.24, 2.45) is 0 Å². The summed E-state index contributed by atoms with van der Waals surface area (Å²) in [6.45, 7) is 9.95. The Morgan fingerprint density at radius 3 is 1.28 bits per heavy atom. The summed E-state index contributed by atoms with van der Waals surface area (Å²) in [5, 5.41) is 25.8. The summed E-state index contributed by atoms with van der Waals surface area (Å²) >= 11 is 0. The van der Waals surface area contributed by atoms with E-state index in [2.05, 4.69) is 10.6 Å². The van der Waals surface area contributed by atoms with Crippen LogP contribution in [0.1, 0.15) is 41.5 Å². The van der Waals surface area contributed by atoms with Crippen molar-refractivity contribution in [1.29, 1.82) is 0 Å². The molecule has 14 heteroatoms. The van der Waals surface area contributed by atoms with Gasteiger partial charge in [0.05, 0.1) is 22.0 Å². The lowest BCUT2D eigenvalue weighted by Gasteiger charge is -2.19. The number of halogens is 2. The van der Waals surface area contributed by atoms with E-state index in [1.165, 1.54) is 0 Å². The van der Waals surface area contributed by atoms with Gasteiger partial charge in [0.25, 0.3) is 11.4 Å². The molecule has 0 aliphatic rings. The zero-order valence-electron chi connectivity index (χ0n) is 20.4. The second kappa shape index (κ2) is 11.9. The Morgan fingerprint density at radius 1 is 0.722 bits per heavy atom. The molecular weight excluding hydrogens is 486 g/mol. The Hall–Kier alpha value is -4.36. The number of nitrogens with one attached hydrogen (secondary N) is 2. The molecule has 2 aromatic carbocycles. The van der Waals surface area contributed by atoms with Crippen LogP contribution < -0.4 is 10.6 Å². The first kappa shape index (κ1) is 29.7. The van der Waals surface area contributed by atoms with Crippen LogP contribution in [0.5, 0.6) is 0 Å². The highest BCUT2D eigenvalue weighted by atomic mass is 19.1. The number of nitrogens with zero attached hydrogens (tertiary/aromatic N) is 2. The molecule has 2 aromatic rings. The Kier molecular flexibility index (Phi) is 9.78. The molecule has 0 saturated carbocycles. The SMILES string of the molecule is CC(C)(C)OC(=O)Nc1ccc(F)cc1[N+](=O)[O-].CC(C)(C)OC(=O)Nc1ccc(F)cc1[N+](=O)[O-]. The Bertz CT molecular complexity index is 1050. The first-order valence-electron chi connectivity index (χ1n) is 10.3. The quantitative estimate of drug-likeness (QED) is 0.363. The smallest absolute Gasteiger partial charge is 0.412 e. The molecule has 36 heavy (non-hydrogen) atoms. The fraction of sp³-hybridized carbons (Fsp3) is 0.364. The van der Waals surface area contributed by atoms with Gasteiger partial charge in [-0.2, -0.15) is 0 Å². The van der Waals surface area contributed by atoms with Crippen LogP contribution in [0, 0.1) is 31.9 Å². The van der Waals surface area contributed by atoms with Crippen molar-refractivity contribution < 1.29 is 37.7 Å². The molecule has 2 amide bonds. The monoisotopic (exact) mass is 512 g/mol. The topological polar surface area (TPSA) is 163 Å². The van der Waals surface area contributed by atoms with Gasteiger partial charge in [-0.15, -0.1) is 0 Å². The lowest BCUT2D eigenvalue weighted by Crippen LogP contribution is -2.27. The zero-order valence-corrected chi connectivity index (χ0v) is 20.4. The van der Waals surface area contributed by atoms with Crippen molar-refractivity contribution in [3.8, 4) is 0 Å². The van der Waals surface area contributed by atoms with E-state index < -0.39 is 56.2 Å². The predicted octanol–water partition coefficient (Wildman–Crippen LogP) is 6.16. The van der Waals surface area contributed by atoms with Crippen LogP contribution in [-0.4, -0.2) is 33.2 Å². The van der Waals surface area contributed by atoms with Gasteiger partial charge >= 0.3 is 12.2 Å². The molecule has 0 aliphatic carbocycles. The highest BCUT2D eigenvalue weighted by Crippen LogP contribution is 2.26. The molecule has 0 spiro atoms. The number of hydrogen-bond acceptors (Lipinski definition) is 8. The zero-order chi connectivity index (χ0) is 27.8. The van der Waals surface area contributed by atoms with Gasteiger partial charge in [0.1, 0.15) is 34.2 Å². The standard InChI is InChI=1S/2C11H13FN2O4/c2*1-11(2,3)18-10(15)13-8-5-4-7(12)6-9(8)14(16)17/h2*4-6H,1-3H3,(H,13,15). The van der Waals surface area contributed by atoms with E-state index in [1.807, 2.05) is 0 Å². The molecule has 0 unspecified atom stereocenters. The third kappa shape index (κ3) is 10.7. The van der Waals surface area contributed by atoms with Crippen molar-refractivity contribution in [1.82, 2.24) is 0 Å². The average molecular weight is 512 g/mol. The second-order valence-electron chi connectivity index (χ2n) is 9.09. The molecule has 12 nitrogen and oxygen atoms in total.